The molecule has 1 aromatic carbocycles. The molecule has 2 atom stereocenters. The van der Waals surface area contributed by atoms with E-state index in [1.54, 1.807) is 19.1 Å². The molecule has 0 radical (unpaired) electrons. The maximum absolute atomic E-state index is 12.2. The Bertz CT molecular complexity index is 506. The van der Waals surface area contributed by atoms with E-state index in [4.69, 9.17) is 5.73 Å². The quantitative estimate of drug-likeness (QED) is 0.878. The smallest absolute Gasteiger partial charge is 0.387 e. The summed E-state index contributed by atoms with van der Waals surface area (Å²) in [4.78, 5) is 11.8. The Morgan fingerprint density at radius 1 is 1.52 bits per heavy atom. The first-order valence-corrected chi connectivity index (χ1v) is 7.08. The molecule has 1 aliphatic rings. The highest BCUT2D eigenvalue weighted by molar-refractivity contribution is 5.77. The van der Waals surface area contributed by atoms with E-state index < -0.39 is 6.61 Å². The van der Waals surface area contributed by atoms with E-state index in [-0.39, 0.29) is 30.2 Å². The second-order valence-electron chi connectivity index (χ2n) is 5.43. The summed E-state index contributed by atoms with van der Waals surface area (Å²) < 4.78 is 28.9. The van der Waals surface area contributed by atoms with Crippen molar-refractivity contribution in [2.45, 2.75) is 51.3 Å². The van der Waals surface area contributed by atoms with Gasteiger partial charge in [-0.05, 0) is 49.4 Å². The zero-order valence-electron chi connectivity index (χ0n) is 11.9. The second-order valence-corrected chi connectivity index (χ2v) is 5.43. The maximum atomic E-state index is 12.2. The van der Waals surface area contributed by atoms with Crippen molar-refractivity contribution in [2.24, 2.45) is 5.73 Å². The van der Waals surface area contributed by atoms with Crippen molar-refractivity contribution in [1.29, 1.82) is 0 Å². The van der Waals surface area contributed by atoms with Crippen molar-refractivity contribution in [2.75, 3.05) is 0 Å². The second kappa shape index (κ2) is 6.85. The lowest BCUT2D eigenvalue weighted by Crippen LogP contribution is -2.34. The van der Waals surface area contributed by atoms with Crippen LogP contribution in [0.5, 0.6) is 5.75 Å². The predicted octanol–water partition coefficient (Wildman–Crippen LogP) is 2.52. The topological polar surface area (TPSA) is 64.4 Å². The molecule has 2 unspecified atom stereocenters. The number of carbonyl (C=O) groups is 1. The molecule has 0 saturated carbocycles. The summed E-state index contributed by atoms with van der Waals surface area (Å²) in [6, 6.07) is 4.63. The Morgan fingerprint density at radius 3 is 2.95 bits per heavy atom. The number of ether oxygens (including phenoxy) is 1. The molecule has 0 aliphatic heterocycles. The molecule has 2 rings (SSSR count). The molecular formula is C15H20F2N2O2. The van der Waals surface area contributed by atoms with Crippen molar-refractivity contribution < 1.29 is 18.3 Å². The fourth-order valence-electron chi connectivity index (χ4n) is 2.66. The summed E-state index contributed by atoms with van der Waals surface area (Å²) in [5.74, 6) is 0.0714. The minimum atomic E-state index is -2.83. The first kappa shape index (κ1) is 15.7. The van der Waals surface area contributed by atoms with Gasteiger partial charge in [0, 0.05) is 12.5 Å². The molecule has 0 aromatic heterocycles. The predicted molar refractivity (Wildman–Crippen MR) is 75.2 cm³/mol. The SMILES string of the molecule is CC(N)CC(=O)NC1CCCc2cc(OC(F)F)ccc21. The van der Waals surface area contributed by atoms with Gasteiger partial charge in [0.15, 0.2) is 0 Å². The molecule has 0 bridgehead atoms. The van der Waals surface area contributed by atoms with Gasteiger partial charge in [-0.2, -0.15) is 8.78 Å². The van der Waals surface area contributed by atoms with Gasteiger partial charge in [0.05, 0.1) is 6.04 Å². The zero-order valence-corrected chi connectivity index (χ0v) is 11.9. The number of alkyl halides is 2. The van der Waals surface area contributed by atoms with Crippen LogP contribution in [0.25, 0.3) is 0 Å². The summed E-state index contributed by atoms with van der Waals surface area (Å²) in [5, 5.41) is 2.96. The number of nitrogens with one attached hydrogen (secondary N) is 1. The molecule has 0 fully saturated rings. The third-order valence-corrected chi connectivity index (χ3v) is 3.50. The van der Waals surface area contributed by atoms with E-state index in [9.17, 15) is 13.6 Å². The Balaban J connectivity index is 2.10. The van der Waals surface area contributed by atoms with E-state index in [0.29, 0.717) is 0 Å². The molecule has 1 aromatic rings. The van der Waals surface area contributed by atoms with E-state index in [2.05, 4.69) is 10.1 Å². The van der Waals surface area contributed by atoms with Crippen molar-refractivity contribution >= 4 is 5.91 Å². The van der Waals surface area contributed by atoms with Gasteiger partial charge in [0.1, 0.15) is 5.75 Å². The van der Waals surface area contributed by atoms with Gasteiger partial charge in [0.2, 0.25) is 5.91 Å². The number of amides is 1. The zero-order chi connectivity index (χ0) is 15.4. The largest absolute Gasteiger partial charge is 0.435 e. The fourth-order valence-corrected chi connectivity index (χ4v) is 2.66. The van der Waals surface area contributed by atoms with Crippen LogP contribution >= 0.6 is 0 Å². The molecule has 1 aliphatic carbocycles. The summed E-state index contributed by atoms with van der Waals surface area (Å²) in [6.07, 6.45) is 2.81. The van der Waals surface area contributed by atoms with Crippen LogP contribution in [0.1, 0.15) is 43.4 Å². The Kier molecular flexibility index (Phi) is 5.12. The number of carbonyl (C=O) groups excluding carboxylic acids is 1. The van der Waals surface area contributed by atoms with Gasteiger partial charge < -0.3 is 15.8 Å². The van der Waals surface area contributed by atoms with Crippen LogP contribution in [0.15, 0.2) is 18.2 Å². The van der Waals surface area contributed by atoms with Crippen molar-refractivity contribution in [1.82, 2.24) is 5.32 Å². The third kappa shape index (κ3) is 4.39. The number of benzene rings is 1. The fraction of sp³-hybridized carbons (Fsp3) is 0.533. The van der Waals surface area contributed by atoms with E-state index in [1.807, 2.05) is 0 Å². The molecule has 0 spiro atoms. The number of halogens is 2. The highest BCUT2D eigenvalue weighted by Crippen LogP contribution is 2.32. The molecular weight excluding hydrogens is 278 g/mol. The van der Waals surface area contributed by atoms with Crippen molar-refractivity contribution in [3.05, 3.63) is 29.3 Å². The van der Waals surface area contributed by atoms with Gasteiger partial charge in [-0.1, -0.05) is 6.07 Å². The lowest BCUT2D eigenvalue weighted by atomic mass is 9.87. The summed E-state index contributed by atoms with van der Waals surface area (Å²) in [6.45, 7) is -1.05. The van der Waals surface area contributed by atoms with E-state index in [1.165, 1.54) is 6.07 Å². The molecule has 4 nitrogen and oxygen atoms in total. The van der Waals surface area contributed by atoms with Gasteiger partial charge in [-0.3, -0.25) is 4.79 Å². The molecule has 3 N–H and O–H groups in total. The van der Waals surface area contributed by atoms with Crippen LogP contribution in [-0.4, -0.2) is 18.6 Å². The van der Waals surface area contributed by atoms with E-state index in [0.717, 1.165) is 30.4 Å². The number of hydrogen-bond acceptors (Lipinski definition) is 3. The average molecular weight is 298 g/mol. The molecule has 21 heavy (non-hydrogen) atoms. The molecule has 0 heterocycles. The van der Waals surface area contributed by atoms with Crippen LogP contribution in [0.2, 0.25) is 0 Å². The number of fused-ring (bicyclic) bond motifs is 1. The molecule has 0 saturated heterocycles. The minimum Gasteiger partial charge on any atom is -0.435 e. The maximum Gasteiger partial charge on any atom is 0.387 e. The van der Waals surface area contributed by atoms with Crippen molar-refractivity contribution in [3.63, 3.8) is 0 Å². The first-order chi connectivity index (χ1) is 9.95. The third-order valence-electron chi connectivity index (χ3n) is 3.50. The van der Waals surface area contributed by atoms with Crippen LogP contribution in [0.3, 0.4) is 0 Å². The normalized spacial score (nSPS) is 19.0. The minimum absolute atomic E-state index is 0.0828. The van der Waals surface area contributed by atoms with E-state index >= 15 is 0 Å². The van der Waals surface area contributed by atoms with Crippen LogP contribution in [0, 0.1) is 0 Å². The van der Waals surface area contributed by atoms with Gasteiger partial charge in [-0.15, -0.1) is 0 Å². The Labute approximate surface area is 122 Å². The van der Waals surface area contributed by atoms with Gasteiger partial charge >= 0.3 is 6.61 Å². The van der Waals surface area contributed by atoms with Crippen LogP contribution in [0.4, 0.5) is 8.78 Å². The first-order valence-electron chi connectivity index (χ1n) is 7.08. The van der Waals surface area contributed by atoms with Crippen LogP contribution < -0.4 is 15.8 Å². The number of hydrogen-bond donors (Lipinski definition) is 2. The lowest BCUT2D eigenvalue weighted by Gasteiger charge is -2.27. The molecule has 1 amide bonds. The molecule has 116 valence electrons. The number of aryl methyl sites for hydroxylation is 1. The average Bonchev–Trinajstić information content (AvgIpc) is 2.36. The number of rotatable bonds is 5. The summed E-state index contributed by atoms with van der Waals surface area (Å²) >= 11 is 0. The Hall–Kier alpha value is -1.69. The lowest BCUT2D eigenvalue weighted by molar-refractivity contribution is -0.122. The highest BCUT2D eigenvalue weighted by atomic mass is 19.3. The molecule has 6 heteroatoms. The number of nitrogens with two attached hydrogens (primary N) is 1. The summed E-state index contributed by atoms with van der Waals surface area (Å²) in [7, 11) is 0. The highest BCUT2D eigenvalue weighted by Gasteiger charge is 2.22. The monoisotopic (exact) mass is 298 g/mol. The van der Waals surface area contributed by atoms with Gasteiger partial charge in [0.25, 0.3) is 0 Å². The van der Waals surface area contributed by atoms with Crippen LogP contribution in [-0.2, 0) is 11.2 Å². The van der Waals surface area contributed by atoms with Crippen molar-refractivity contribution in [3.8, 4) is 5.75 Å². The standard InChI is InChI=1S/C15H20F2N2O2/c1-9(18)7-14(20)19-13-4-2-3-10-8-11(21-15(16)17)5-6-12(10)13/h5-6,8-9,13,15H,2-4,7,18H2,1H3,(H,19,20). The van der Waals surface area contributed by atoms with Gasteiger partial charge in [-0.25, -0.2) is 0 Å². The Morgan fingerprint density at radius 2 is 2.29 bits per heavy atom. The summed E-state index contributed by atoms with van der Waals surface area (Å²) in [5.41, 5.74) is 7.53.